The Balaban J connectivity index is 0. The molecule has 0 atom stereocenters. The summed E-state index contributed by atoms with van der Waals surface area (Å²) in [6.07, 6.45) is 0. The van der Waals surface area contributed by atoms with E-state index in [1.807, 2.05) is 0 Å². The van der Waals surface area contributed by atoms with E-state index in [-0.39, 0.29) is 29.6 Å². The summed E-state index contributed by atoms with van der Waals surface area (Å²) in [6.45, 7) is 4.84. The molecule has 0 amide bonds. The number of rotatable bonds is 1. The Morgan fingerprint density at radius 1 is 1.71 bits per heavy atom. The van der Waals surface area contributed by atoms with Crippen LogP contribution in [0.3, 0.4) is 0 Å². The second kappa shape index (κ2) is 4.85. The van der Waals surface area contributed by atoms with Crippen molar-refractivity contribution in [3.05, 3.63) is 12.2 Å². The van der Waals surface area contributed by atoms with Crippen molar-refractivity contribution in [3.8, 4) is 0 Å². The first-order valence-electron chi connectivity index (χ1n) is 1.50. The Labute approximate surface area is 70.0 Å². The van der Waals surface area contributed by atoms with Gasteiger partial charge in [0.05, 0.1) is 0 Å². The first-order chi connectivity index (χ1) is 2.64. The predicted octanol–water partition coefficient (Wildman–Crippen LogP) is 0.679. The Morgan fingerprint density at radius 3 is 1.86 bits per heavy atom. The maximum absolute atomic E-state index is 9.81. The van der Waals surface area contributed by atoms with E-state index < -0.39 is 5.24 Å². The van der Waals surface area contributed by atoms with Crippen LogP contribution in [0, 0.1) is 0 Å². The van der Waals surface area contributed by atoms with Crippen molar-refractivity contribution in [3.63, 3.8) is 0 Å². The molecule has 0 aliphatic rings. The molecule has 0 aromatic rings. The van der Waals surface area contributed by atoms with Gasteiger partial charge in [-0.3, -0.25) is 4.79 Å². The van der Waals surface area contributed by atoms with Gasteiger partial charge in [0.2, 0.25) is 5.24 Å². The molecule has 0 radical (unpaired) electrons. The van der Waals surface area contributed by atoms with Crippen LogP contribution in [0.25, 0.3) is 0 Å². The van der Waals surface area contributed by atoms with Crippen LogP contribution < -0.4 is 0 Å². The first kappa shape index (κ1) is 10.6. The number of carbonyl (C=O) groups excluding carboxylic acids is 1. The molecule has 0 N–H and O–H groups in total. The zero-order valence-electron chi connectivity index (χ0n) is 3.49. The molecule has 0 bridgehead atoms. The van der Waals surface area contributed by atoms with E-state index in [1.165, 1.54) is 0 Å². The van der Waals surface area contributed by atoms with Gasteiger partial charge >= 0.3 is 29.6 Å². The Bertz CT molecular complexity index is 77.7. The van der Waals surface area contributed by atoms with E-state index in [0.29, 0.717) is 5.57 Å². The summed E-state index contributed by atoms with van der Waals surface area (Å²) < 4.78 is 0. The average molecular weight is 129 g/mol. The summed E-state index contributed by atoms with van der Waals surface area (Å²) in [7, 11) is 0. The van der Waals surface area contributed by atoms with Crippen LogP contribution in [0.5, 0.6) is 0 Å². The molecular weight excluding hydrogens is 122 g/mol. The normalized spacial score (nSPS) is 6.57. The molecule has 0 unspecified atom stereocenters. The third kappa shape index (κ3) is 6.70. The fraction of sp³-hybridized carbons (Fsp3) is 0.250. The molecule has 7 heavy (non-hydrogen) atoms. The molecule has 0 rings (SSSR count). The Morgan fingerprint density at radius 2 is 1.86 bits per heavy atom. The minimum absolute atomic E-state index is 0. The van der Waals surface area contributed by atoms with Gasteiger partial charge in [0.15, 0.2) is 0 Å². The SMILES string of the molecule is C=C(C)C(=O)Cl.[NaH]. The van der Waals surface area contributed by atoms with Gasteiger partial charge in [-0.05, 0) is 18.5 Å². The minimum atomic E-state index is -0.463. The topological polar surface area (TPSA) is 17.1 Å². The third-order valence-corrected chi connectivity index (χ3v) is 0.658. The van der Waals surface area contributed by atoms with Crippen LogP contribution in [0.15, 0.2) is 12.2 Å². The summed E-state index contributed by atoms with van der Waals surface area (Å²) >= 11 is 4.87. The van der Waals surface area contributed by atoms with E-state index in [4.69, 9.17) is 11.6 Å². The van der Waals surface area contributed by atoms with Crippen LogP contribution in [0.4, 0.5) is 0 Å². The van der Waals surface area contributed by atoms with Gasteiger partial charge in [0.25, 0.3) is 0 Å². The van der Waals surface area contributed by atoms with Crippen molar-refractivity contribution < 1.29 is 4.79 Å². The summed E-state index contributed by atoms with van der Waals surface area (Å²) in [6, 6.07) is 0. The maximum atomic E-state index is 9.81. The Kier molecular flexibility index (Phi) is 7.37. The number of hydrogen-bond acceptors (Lipinski definition) is 1. The summed E-state index contributed by atoms with van der Waals surface area (Å²) in [5.74, 6) is 0. The van der Waals surface area contributed by atoms with Crippen molar-refractivity contribution in [1.29, 1.82) is 0 Å². The number of hydrogen-bond donors (Lipinski definition) is 0. The van der Waals surface area contributed by atoms with E-state index in [1.54, 1.807) is 6.92 Å². The van der Waals surface area contributed by atoms with Crippen molar-refractivity contribution >= 4 is 46.4 Å². The summed E-state index contributed by atoms with van der Waals surface area (Å²) in [5, 5.41) is -0.463. The van der Waals surface area contributed by atoms with Crippen molar-refractivity contribution in [2.24, 2.45) is 0 Å². The van der Waals surface area contributed by atoms with Crippen LogP contribution in [0.2, 0.25) is 0 Å². The van der Waals surface area contributed by atoms with Gasteiger partial charge in [0, 0.05) is 5.57 Å². The average Bonchev–Trinajstić information content (AvgIpc) is 1.36. The molecule has 0 heterocycles. The summed E-state index contributed by atoms with van der Waals surface area (Å²) in [4.78, 5) is 9.81. The molecule has 0 saturated carbocycles. The third-order valence-electron chi connectivity index (χ3n) is 0.336. The molecule has 1 nitrogen and oxygen atoms in total. The molecule has 0 aliphatic heterocycles. The number of carbonyl (C=O) groups is 1. The van der Waals surface area contributed by atoms with Gasteiger partial charge < -0.3 is 0 Å². The predicted molar refractivity (Wildman–Crippen MR) is 32.8 cm³/mol. The zero-order chi connectivity index (χ0) is 5.15. The van der Waals surface area contributed by atoms with E-state index in [0.717, 1.165) is 0 Å². The second-order valence-electron chi connectivity index (χ2n) is 1.05. The molecule has 0 aromatic carbocycles. The molecule has 0 fully saturated rings. The fourth-order valence-electron chi connectivity index (χ4n) is 0. The standard InChI is InChI=1S/C4H5ClO.Na.H/c1-3(2)4(5)6;;/h1H2,2H3;;. The number of allylic oxidation sites excluding steroid dienone is 1. The van der Waals surface area contributed by atoms with Gasteiger partial charge in [-0.2, -0.15) is 0 Å². The zero-order valence-corrected chi connectivity index (χ0v) is 4.25. The van der Waals surface area contributed by atoms with E-state index in [9.17, 15) is 4.79 Å². The van der Waals surface area contributed by atoms with Crippen molar-refractivity contribution in [2.75, 3.05) is 0 Å². The molecule has 0 spiro atoms. The summed E-state index contributed by atoms with van der Waals surface area (Å²) in [5.41, 5.74) is 0.386. The van der Waals surface area contributed by atoms with E-state index >= 15 is 0 Å². The molecule has 36 valence electrons. The van der Waals surface area contributed by atoms with E-state index in [2.05, 4.69) is 6.58 Å². The molecule has 3 heteroatoms. The van der Waals surface area contributed by atoms with Gasteiger partial charge in [-0.25, -0.2) is 0 Å². The van der Waals surface area contributed by atoms with Crippen LogP contribution in [-0.4, -0.2) is 34.8 Å². The first-order valence-corrected chi connectivity index (χ1v) is 1.87. The number of halogens is 1. The van der Waals surface area contributed by atoms with Crippen LogP contribution in [-0.2, 0) is 4.79 Å². The van der Waals surface area contributed by atoms with Crippen molar-refractivity contribution in [1.82, 2.24) is 0 Å². The fourth-order valence-corrected chi connectivity index (χ4v) is 0. The molecule has 0 aliphatic carbocycles. The van der Waals surface area contributed by atoms with Crippen molar-refractivity contribution in [2.45, 2.75) is 6.92 Å². The van der Waals surface area contributed by atoms with Crippen LogP contribution >= 0.6 is 11.6 Å². The van der Waals surface area contributed by atoms with Gasteiger partial charge in [0.1, 0.15) is 0 Å². The quantitative estimate of drug-likeness (QED) is 0.288. The monoisotopic (exact) mass is 128 g/mol. The van der Waals surface area contributed by atoms with Gasteiger partial charge in [-0.1, -0.05) is 6.58 Å². The van der Waals surface area contributed by atoms with Gasteiger partial charge in [-0.15, -0.1) is 0 Å². The molecular formula is C4H6ClNaO. The van der Waals surface area contributed by atoms with Crippen LogP contribution in [0.1, 0.15) is 6.92 Å². The molecule has 0 aromatic heterocycles. The Hall–Kier alpha value is 0.700. The molecule has 0 saturated heterocycles. The second-order valence-corrected chi connectivity index (χ2v) is 1.40.